The Labute approximate surface area is 201 Å². The summed E-state index contributed by atoms with van der Waals surface area (Å²) >= 11 is 0. The fourth-order valence-electron chi connectivity index (χ4n) is 4.10. The molecule has 0 fully saturated rings. The van der Waals surface area contributed by atoms with Crippen LogP contribution >= 0.6 is 0 Å². The predicted octanol–water partition coefficient (Wildman–Crippen LogP) is 3.65. The maximum atomic E-state index is 12.4. The Kier molecular flexibility index (Phi) is 7.41. The Bertz CT molecular complexity index is 1180. The molecule has 0 aliphatic heterocycles. The highest BCUT2D eigenvalue weighted by Gasteiger charge is 2.29. The van der Waals surface area contributed by atoms with Gasteiger partial charge in [0.15, 0.2) is 5.69 Å². The van der Waals surface area contributed by atoms with E-state index in [1.807, 2.05) is 48.5 Å². The molecule has 2 aromatic carbocycles. The van der Waals surface area contributed by atoms with E-state index >= 15 is 0 Å². The molecule has 3 aromatic rings. The van der Waals surface area contributed by atoms with Crippen molar-refractivity contribution in [2.45, 2.75) is 24.8 Å². The number of methoxy groups -OCH3 is 1. The zero-order valence-corrected chi connectivity index (χ0v) is 19.0. The van der Waals surface area contributed by atoms with E-state index < -0.39 is 24.0 Å². The molecule has 1 atom stereocenters. The van der Waals surface area contributed by atoms with Crippen LogP contribution in [0.25, 0.3) is 11.1 Å². The molecule has 0 saturated carbocycles. The molecule has 1 aromatic heterocycles. The van der Waals surface area contributed by atoms with E-state index in [1.54, 1.807) is 0 Å². The number of carbonyl (C=O) groups excluding carboxylic acids is 2. The molecule has 3 N–H and O–H groups in total. The van der Waals surface area contributed by atoms with Crippen molar-refractivity contribution < 1.29 is 33.5 Å². The van der Waals surface area contributed by atoms with Crippen LogP contribution in [0.3, 0.4) is 0 Å². The van der Waals surface area contributed by atoms with Crippen LogP contribution in [-0.2, 0) is 14.3 Å². The first-order chi connectivity index (χ1) is 17.0. The number of hydrogen-bond donors (Lipinski definition) is 3. The maximum Gasteiger partial charge on any atom is 0.414 e. The van der Waals surface area contributed by atoms with E-state index in [-0.39, 0.29) is 30.5 Å². The molecule has 1 unspecified atom stereocenters. The fraction of sp³-hybridized carbons (Fsp3) is 0.280. The summed E-state index contributed by atoms with van der Waals surface area (Å²) in [6.45, 7) is 0.487. The first-order valence-corrected chi connectivity index (χ1v) is 11.1. The number of carbonyl (C=O) groups is 3. The fourth-order valence-corrected chi connectivity index (χ4v) is 4.10. The van der Waals surface area contributed by atoms with Crippen LogP contribution in [0.15, 0.2) is 59.1 Å². The van der Waals surface area contributed by atoms with Gasteiger partial charge in [-0.05, 0) is 35.1 Å². The van der Waals surface area contributed by atoms with Crippen LogP contribution < -0.4 is 10.6 Å². The molecular weight excluding hydrogens is 454 g/mol. The molecule has 1 aliphatic rings. The van der Waals surface area contributed by atoms with Gasteiger partial charge >= 0.3 is 12.1 Å². The molecule has 10 nitrogen and oxygen atoms in total. The highest BCUT2D eigenvalue weighted by atomic mass is 16.6. The van der Waals surface area contributed by atoms with Gasteiger partial charge in [-0.1, -0.05) is 53.7 Å². The Balaban J connectivity index is 1.33. The lowest BCUT2D eigenvalue weighted by molar-refractivity contribution is -0.139. The van der Waals surface area contributed by atoms with Gasteiger partial charge in [0.2, 0.25) is 5.88 Å². The molecule has 0 radical (unpaired) electrons. The molecule has 4 rings (SSSR count). The van der Waals surface area contributed by atoms with Gasteiger partial charge in [-0.2, -0.15) is 0 Å². The zero-order chi connectivity index (χ0) is 24.8. The Morgan fingerprint density at radius 2 is 1.74 bits per heavy atom. The number of ether oxygens (including phenoxy) is 2. The number of aliphatic carboxylic acids is 1. The summed E-state index contributed by atoms with van der Waals surface area (Å²) in [4.78, 5) is 36.1. The molecule has 0 spiro atoms. The minimum absolute atomic E-state index is 0.0985. The highest BCUT2D eigenvalue weighted by Crippen LogP contribution is 2.44. The van der Waals surface area contributed by atoms with E-state index in [1.165, 1.54) is 13.2 Å². The SMILES string of the molecule is COCCCC(NC(=O)c1cc(NC(=O)OCC2c3ccccc3-c3ccccc32)on1)C(=O)O. The first-order valence-electron chi connectivity index (χ1n) is 11.1. The third-order valence-corrected chi connectivity index (χ3v) is 5.76. The van der Waals surface area contributed by atoms with Crippen LogP contribution in [0.1, 0.15) is 40.4 Å². The lowest BCUT2D eigenvalue weighted by Gasteiger charge is -2.14. The number of hydrogen-bond acceptors (Lipinski definition) is 7. The second-order valence-electron chi connectivity index (χ2n) is 8.03. The normalized spacial score (nSPS) is 12.9. The number of aromatic nitrogens is 1. The van der Waals surface area contributed by atoms with Crippen molar-refractivity contribution in [3.05, 3.63) is 71.4 Å². The number of carboxylic acids is 1. The number of amides is 2. The zero-order valence-electron chi connectivity index (χ0n) is 19.0. The summed E-state index contributed by atoms with van der Waals surface area (Å²) in [6, 6.07) is 16.1. The Morgan fingerprint density at radius 3 is 2.37 bits per heavy atom. The largest absolute Gasteiger partial charge is 0.480 e. The topological polar surface area (TPSA) is 140 Å². The molecule has 10 heteroatoms. The molecule has 35 heavy (non-hydrogen) atoms. The van der Waals surface area contributed by atoms with Crippen LogP contribution in [0, 0.1) is 0 Å². The first kappa shape index (κ1) is 24.0. The van der Waals surface area contributed by atoms with Crippen molar-refractivity contribution in [2.75, 3.05) is 25.6 Å². The molecule has 1 heterocycles. The summed E-state index contributed by atoms with van der Waals surface area (Å²) in [7, 11) is 1.51. The van der Waals surface area contributed by atoms with Crippen molar-refractivity contribution in [1.82, 2.24) is 10.5 Å². The van der Waals surface area contributed by atoms with Gasteiger partial charge in [0.25, 0.3) is 5.91 Å². The number of nitrogens with one attached hydrogen (secondary N) is 2. The minimum Gasteiger partial charge on any atom is -0.480 e. The standard InChI is InChI=1S/C25H25N3O7/c1-33-12-6-11-20(24(30)31)26-23(29)21-13-22(35-28-21)27-25(32)34-14-19-17-9-4-2-7-15(17)16-8-3-5-10-18(16)19/h2-5,7-10,13,19-20H,6,11-12,14H2,1H3,(H,26,29)(H,27,32)(H,30,31). The van der Waals surface area contributed by atoms with Crippen LogP contribution in [0.4, 0.5) is 10.7 Å². The highest BCUT2D eigenvalue weighted by molar-refractivity contribution is 5.96. The monoisotopic (exact) mass is 479 g/mol. The molecule has 182 valence electrons. The van der Waals surface area contributed by atoms with Gasteiger partial charge in [0, 0.05) is 25.7 Å². The summed E-state index contributed by atoms with van der Waals surface area (Å²) in [6.07, 6.45) is -0.114. The van der Waals surface area contributed by atoms with E-state index in [9.17, 15) is 19.5 Å². The minimum atomic E-state index is -1.17. The van der Waals surface area contributed by atoms with E-state index in [4.69, 9.17) is 14.0 Å². The molecule has 0 bridgehead atoms. The van der Waals surface area contributed by atoms with Crippen LogP contribution in [0.2, 0.25) is 0 Å². The molecule has 1 aliphatic carbocycles. The van der Waals surface area contributed by atoms with Crippen molar-refractivity contribution >= 4 is 23.9 Å². The predicted molar refractivity (Wildman–Crippen MR) is 125 cm³/mol. The second kappa shape index (κ2) is 10.8. The van der Waals surface area contributed by atoms with Crippen molar-refractivity contribution in [1.29, 1.82) is 0 Å². The molecule has 2 amide bonds. The van der Waals surface area contributed by atoms with Gasteiger partial charge in [-0.15, -0.1) is 0 Å². The van der Waals surface area contributed by atoms with Gasteiger partial charge in [0.05, 0.1) is 0 Å². The van der Waals surface area contributed by atoms with Crippen LogP contribution in [-0.4, -0.2) is 54.6 Å². The number of nitrogens with zero attached hydrogens (tertiary/aromatic N) is 1. The average Bonchev–Trinajstić information content (AvgIpc) is 3.45. The lowest BCUT2D eigenvalue weighted by Crippen LogP contribution is -2.41. The molecular formula is C25H25N3O7. The average molecular weight is 479 g/mol. The van der Waals surface area contributed by atoms with Gasteiger partial charge in [-0.3, -0.25) is 10.1 Å². The Morgan fingerprint density at radius 1 is 1.09 bits per heavy atom. The van der Waals surface area contributed by atoms with E-state index in [0.29, 0.717) is 13.0 Å². The van der Waals surface area contributed by atoms with Crippen LogP contribution in [0.5, 0.6) is 0 Å². The summed E-state index contributed by atoms with van der Waals surface area (Å²) in [5, 5.41) is 17.7. The Hall–Kier alpha value is -4.18. The number of benzene rings is 2. The maximum absolute atomic E-state index is 12.4. The van der Waals surface area contributed by atoms with Crippen molar-refractivity contribution in [3.8, 4) is 11.1 Å². The molecule has 0 saturated heterocycles. The van der Waals surface area contributed by atoms with Gasteiger partial charge in [0.1, 0.15) is 12.6 Å². The van der Waals surface area contributed by atoms with E-state index in [2.05, 4.69) is 15.8 Å². The third-order valence-electron chi connectivity index (χ3n) is 5.76. The van der Waals surface area contributed by atoms with Gasteiger partial charge in [-0.25, -0.2) is 9.59 Å². The smallest absolute Gasteiger partial charge is 0.414 e. The summed E-state index contributed by atoms with van der Waals surface area (Å²) < 4.78 is 15.3. The number of anilines is 1. The van der Waals surface area contributed by atoms with Crippen molar-refractivity contribution in [2.24, 2.45) is 0 Å². The number of rotatable bonds is 10. The number of fused-ring (bicyclic) bond motifs is 3. The second-order valence-corrected chi connectivity index (χ2v) is 8.03. The summed E-state index contributed by atoms with van der Waals surface area (Å²) in [5.74, 6) is -2.11. The van der Waals surface area contributed by atoms with Crippen molar-refractivity contribution in [3.63, 3.8) is 0 Å². The van der Waals surface area contributed by atoms with E-state index in [0.717, 1.165) is 22.3 Å². The number of carboxylic acid groups (broad SMARTS) is 1. The van der Waals surface area contributed by atoms with Gasteiger partial charge < -0.3 is 24.4 Å². The lowest BCUT2D eigenvalue weighted by atomic mass is 9.98. The summed E-state index contributed by atoms with van der Waals surface area (Å²) in [5.41, 5.74) is 4.23. The third kappa shape index (κ3) is 5.49. The quantitative estimate of drug-likeness (QED) is 0.375.